The van der Waals surface area contributed by atoms with E-state index in [4.69, 9.17) is 10.8 Å². The monoisotopic (exact) mass is 293 g/mol. The Balaban J connectivity index is 0.00000200. The van der Waals surface area contributed by atoms with Crippen molar-refractivity contribution in [2.45, 2.75) is 12.5 Å². The first-order valence-corrected chi connectivity index (χ1v) is 5.93. The molecule has 106 valence electrons. The highest BCUT2D eigenvalue weighted by atomic mass is 35.5. The summed E-state index contributed by atoms with van der Waals surface area (Å²) < 4.78 is 0. The van der Waals surface area contributed by atoms with E-state index in [0.29, 0.717) is 0 Å². The zero-order chi connectivity index (χ0) is 13.8. The Kier molecular flexibility index (Phi) is 5.55. The fraction of sp³-hybridized carbons (Fsp3) is 0.133. The zero-order valence-electron chi connectivity index (χ0n) is 10.7. The molecule has 0 fully saturated rings. The van der Waals surface area contributed by atoms with Gasteiger partial charge in [-0.3, -0.25) is 4.79 Å². The molecule has 0 aliphatic rings. The van der Waals surface area contributed by atoms with Crippen LogP contribution in [0.2, 0.25) is 0 Å². The van der Waals surface area contributed by atoms with Gasteiger partial charge in [-0.25, -0.2) is 0 Å². The van der Waals surface area contributed by atoms with Crippen molar-refractivity contribution >= 4 is 18.4 Å². The predicted molar refractivity (Wildman–Crippen MR) is 80.1 cm³/mol. The number of phenols is 1. The summed E-state index contributed by atoms with van der Waals surface area (Å²) in [6.45, 7) is 0. The van der Waals surface area contributed by atoms with E-state index < -0.39 is 12.0 Å². The maximum atomic E-state index is 10.8. The van der Waals surface area contributed by atoms with E-state index in [1.165, 1.54) is 0 Å². The van der Waals surface area contributed by atoms with E-state index in [-0.39, 0.29) is 24.6 Å². The molecule has 2 rings (SSSR count). The lowest BCUT2D eigenvalue weighted by atomic mass is 9.95. The predicted octanol–water partition coefficient (Wildman–Crippen LogP) is 2.44. The number of hydrogen-bond acceptors (Lipinski definition) is 3. The minimum absolute atomic E-state index is 0. The van der Waals surface area contributed by atoms with Gasteiger partial charge in [-0.05, 0) is 35.2 Å². The highest BCUT2D eigenvalue weighted by molar-refractivity contribution is 5.85. The molecule has 0 aliphatic heterocycles. The second-order valence-corrected chi connectivity index (χ2v) is 4.36. The number of phenolic OH excluding ortho intramolecular Hbond substituents is 1. The number of carboxylic acids is 1. The summed E-state index contributed by atoms with van der Waals surface area (Å²) in [5.41, 5.74) is 8.14. The Morgan fingerprint density at radius 1 is 1.15 bits per heavy atom. The number of nitrogens with two attached hydrogens (primary N) is 1. The smallest absolute Gasteiger partial charge is 0.320 e. The van der Waals surface area contributed by atoms with Gasteiger partial charge in [-0.2, -0.15) is 0 Å². The lowest BCUT2D eigenvalue weighted by Gasteiger charge is -2.12. The lowest BCUT2D eigenvalue weighted by Crippen LogP contribution is -2.32. The molecule has 0 spiro atoms. The molecule has 4 N–H and O–H groups in total. The Hall–Kier alpha value is -2.04. The molecule has 5 heteroatoms. The van der Waals surface area contributed by atoms with Crippen LogP contribution in [-0.4, -0.2) is 22.2 Å². The van der Waals surface area contributed by atoms with Gasteiger partial charge in [0.25, 0.3) is 0 Å². The number of carboxylic acid groups (broad SMARTS) is 1. The van der Waals surface area contributed by atoms with Crippen LogP contribution in [0.15, 0.2) is 48.5 Å². The summed E-state index contributed by atoms with van der Waals surface area (Å²) in [5, 5.41) is 18.4. The molecule has 0 aliphatic carbocycles. The number of benzene rings is 2. The Labute approximate surface area is 123 Å². The van der Waals surface area contributed by atoms with Crippen LogP contribution in [0.25, 0.3) is 11.1 Å². The molecule has 0 amide bonds. The van der Waals surface area contributed by atoms with Crippen molar-refractivity contribution in [3.05, 3.63) is 54.1 Å². The third-order valence-electron chi connectivity index (χ3n) is 2.93. The third-order valence-corrected chi connectivity index (χ3v) is 2.93. The van der Waals surface area contributed by atoms with E-state index in [1.54, 1.807) is 18.2 Å². The lowest BCUT2D eigenvalue weighted by molar-refractivity contribution is -0.138. The van der Waals surface area contributed by atoms with Crippen molar-refractivity contribution in [2.75, 3.05) is 0 Å². The van der Waals surface area contributed by atoms with E-state index in [1.807, 2.05) is 30.3 Å². The van der Waals surface area contributed by atoms with Gasteiger partial charge < -0.3 is 15.9 Å². The van der Waals surface area contributed by atoms with Gasteiger partial charge in [0.05, 0.1) is 0 Å². The quantitative estimate of drug-likeness (QED) is 0.808. The second-order valence-electron chi connectivity index (χ2n) is 4.36. The van der Waals surface area contributed by atoms with Crippen LogP contribution < -0.4 is 5.73 Å². The maximum absolute atomic E-state index is 10.8. The van der Waals surface area contributed by atoms with Gasteiger partial charge in [0, 0.05) is 0 Å². The highest BCUT2D eigenvalue weighted by Crippen LogP contribution is 2.27. The second kappa shape index (κ2) is 6.93. The number of aromatic hydroxyl groups is 1. The van der Waals surface area contributed by atoms with Gasteiger partial charge in [0.2, 0.25) is 0 Å². The standard InChI is InChI=1S/C15H15NO3.ClH/c16-14(15(18)19)9-11-8-12(17)6-7-13(11)10-4-2-1-3-5-10;/h1-8,14,17H,9,16H2,(H,18,19);1H/t14-;/m0./s1. The fourth-order valence-corrected chi connectivity index (χ4v) is 1.97. The molecule has 1 atom stereocenters. The fourth-order valence-electron chi connectivity index (χ4n) is 1.97. The molecule has 2 aromatic carbocycles. The minimum Gasteiger partial charge on any atom is -0.508 e. The summed E-state index contributed by atoms with van der Waals surface area (Å²) in [6, 6.07) is 13.5. The van der Waals surface area contributed by atoms with E-state index in [0.717, 1.165) is 16.7 Å². The van der Waals surface area contributed by atoms with Gasteiger partial charge in [0.15, 0.2) is 0 Å². The van der Waals surface area contributed by atoms with E-state index in [2.05, 4.69) is 0 Å². The van der Waals surface area contributed by atoms with Crippen LogP contribution in [-0.2, 0) is 11.2 Å². The normalized spacial score (nSPS) is 11.4. The molecule has 0 bridgehead atoms. The summed E-state index contributed by atoms with van der Waals surface area (Å²) >= 11 is 0. The summed E-state index contributed by atoms with van der Waals surface area (Å²) in [6.07, 6.45) is 0.175. The molecular weight excluding hydrogens is 278 g/mol. The van der Waals surface area contributed by atoms with Crippen LogP contribution >= 0.6 is 12.4 Å². The van der Waals surface area contributed by atoms with Gasteiger partial charge >= 0.3 is 5.97 Å². The molecular formula is C15H16ClNO3. The van der Waals surface area contributed by atoms with E-state index >= 15 is 0 Å². The molecule has 4 nitrogen and oxygen atoms in total. The summed E-state index contributed by atoms with van der Waals surface area (Å²) in [5.74, 6) is -0.949. The van der Waals surface area contributed by atoms with Gasteiger partial charge in [-0.1, -0.05) is 36.4 Å². The average Bonchev–Trinajstić information content (AvgIpc) is 2.39. The van der Waals surface area contributed by atoms with Crippen molar-refractivity contribution in [3.8, 4) is 16.9 Å². The van der Waals surface area contributed by atoms with Crippen LogP contribution in [0.3, 0.4) is 0 Å². The van der Waals surface area contributed by atoms with Crippen molar-refractivity contribution in [2.24, 2.45) is 5.73 Å². The first kappa shape index (κ1) is 16.0. The average molecular weight is 294 g/mol. The zero-order valence-corrected chi connectivity index (χ0v) is 11.5. The van der Waals surface area contributed by atoms with Crippen molar-refractivity contribution < 1.29 is 15.0 Å². The van der Waals surface area contributed by atoms with Crippen molar-refractivity contribution in [3.63, 3.8) is 0 Å². The van der Waals surface area contributed by atoms with Crippen molar-refractivity contribution in [1.29, 1.82) is 0 Å². The van der Waals surface area contributed by atoms with Crippen LogP contribution in [0, 0.1) is 0 Å². The molecule has 2 aromatic rings. The SMILES string of the molecule is Cl.N[C@@H](Cc1cc(O)ccc1-c1ccccc1)C(=O)O. The van der Waals surface area contributed by atoms with Crippen LogP contribution in [0.4, 0.5) is 0 Å². The summed E-state index contributed by atoms with van der Waals surface area (Å²) in [4.78, 5) is 10.8. The molecule has 0 radical (unpaired) electrons. The number of hydrogen-bond donors (Lipinski definition) is 3. The number of carbonyl (C=O) groups is 1. The molecule has 0 unspecified atom stereocenters. The number of halogens is 1. The van der Waals surface area contributed by atoms with Crippen molar-refractivity contribution in [1.82, 2.24) is 0 Å². The molecule has 0 saturated carbocycles. The maximum Gasteiger partial charge on any atom is 0.320 e. The van der Waals surface area contributed by atoms with E-state index in [9.17, 15) is 9.90 Å². The number of rotatable bonds is 4. The Morgan fingerprint density at radius 3 is 2.40 bits per heavy atom. The molecule has 0 heterocycles. The molecule has 0 saturated heterocycles. The Bertz CT molecular complexity index is 587. The molecule has 20 heavy (non-hydrogen) atoms. The van der Waals surface area contributed by atoms with Gasteiger partial charge in [0.1, 0.15) is 11.8 Å². The minimum atomic E-state index is -1.05. The van der Waals surface area contributed by atoms with Crippen LogP contribution in [0.5, 0.6) is 5.75 Å². The Morgan fingerprint density at radius 2 is 1.80 bits per heavy atom. The van der Waals surface area contributed by atoms with Gasteiger partial charge in [-0.15, -0.1) is 12.4 Å². The number of aliphatic carboxylic acids is 1. The molecule has 0 aromatic heterocycles. The van der Waals surface area contributed by atoms with Crippen LogP contribution in [0.1, 0.15) is 5.56 Å². The first-order valence-electron chi connectivity index (χ1n) is 5.93. The highest BCUT2D eigenvalue weighted by Gasteiger charge is 2.15. The first-order chi connectivity index (χ1) is 9.08. The summed E-state index contributed by atoms with van der Waals surface area (Å²) in [7, 11) is 0. The topological polar surface area (TPSA) is 83.5 Å². The largest absolute Gasteiger partial charge is 0.508 e. The third kappa shape index (κ3) is 3.73.